The van der Waals surface area contributed by atoms with E-state index in [2.05, 4.69) is 0 Å². The van der Waals surface area contributed by atoms with Crippen LogP contribution >= 0.6 is 11.6 Å². The monoisotopic (exact) mass is 312 g/mol. The molecule has 114 valence electrons. The third kappa shape index (κ3) is 5.19. The van der Waals surface area contributed by atoms with Crippen LogP contribution in [0.25, 0.3) is 0 Å². The molecular weight excluding hydrogens is 288 g/mol. The third-order valence-electron chi connectivity index (χ3n) is 3.28. The molecule has 1 aliphatic heterocycles. The standard InChI is InChI=1S/C12H25ClN2O3S/c1-11(2)18-8-7-14(3)19(16,17)15-6-4-5-12(9-13)10-15/h11-12H,4-10H2,1-3H3. The Balaban J connectivity index is 2.53. The van der Waals surface area contributed by atoms with Crippen LogP contribution in [0.4, 0.5) is 0 Å². The number of hydrogen-bond donors (Lipinski definition) is 0. The van der Waals surface area contributed by atoms with Crippen LogP contribution in [-0.2, 0) is 14.9 Å². The second-order valence-electron chi connectivity index (χ2n) is 5.27. The molecule has 0 aromatic heterocycles. The van der Waals surface area contributed by atoms with Gasteiger partial charge in [-0.3, -0.25) is 0 Å². The summed E-state index contributed by atoms with van der Waals surface area (Å²) in [4.78, 5) is 0. The lowest BCUT2D eigenvalue weighted by Crippen LogP contribution is -2.47. The number of alkyl halides is 1. The maximum absolute atomic E-state index is 12.4. The van der Waals surface area contributed by atoms with Crippen LogP contribution < -0.4 is 0 Å². The van der Waals surface area contributed by atoms with Gasteiger partial charge in [0.05, 0.1) is 12.7 Å². The lowest BCUT2D eigenvalue weighted by Gasteiger charge is -2.33. The summed E-state index contributed by atoms with van der Waals surface area (Å²) < 4.78 is 33.1. The number of nitrogens with zero attached hydrogens (tertiary/aromatic N) is 2. The molecule has 1 rings (SSSR count). The van der Waals surface area contributed by atoms with Crippen LogP contribution in [0.15, 0.2) is 0 Å². The van der Waals surface area contributed by atoms with Crippen LogP contribution in [0, 0.1) is 5.92 Å². The van der Waals surface area contributed by atoms with E-state index in [1.807, 2.05) is 13.8 Å². The van der Waals surface area contributed by atoms with E-state index >= 15 is 0 Å². The Morgan fingerprint density at radius 3 is 2.74 bits per heavy atom. The van der Waals surface area contributed by atoms with Crippen molar-refractivity contribution >= 4 is 21.8 Å². The highest BCUT2D eigenvalue weighted by Gasteiger charge is 2.31. The number of likely N-dealkylation sites (N-methyl/N-ethyl adjacent to an activating group) is 1. The van der Waals surface area contributed by atoms with E-state index in [0.717, 1.165) is 12.8 Å². The molecule has 0 saturated carbocycles. The van der Waals surface area contributed by atoms with Crippen molar-refractivity contribution in [1.82, 2.24) is 8.61 Å². The van der Waals surface area contributed by atoms with Crippen LogP contribution in [0.2, 0.25) is 0 Å². The SMILES string of the molecule is CC(C)OCCN(C)S(=O)(=O)N1CCCC(CCl)C1. The van der Waals surface area contributed by atoms with Crippen molar-refractivity contribution in [2.75, 3.05) is 39.2 Å². The second kappa shape index (κ2) is 7.78. The summed E-state index contributed by atoms with van der Waals surface area (Å²) >= 11 is 5.84. The largest absolute Gasteiger partial charge is 0.377 e. The Kier molecular flexibility index (Phi) is 7.04. The van der Waals surface area contributed by atoms with Gasteiger partial charge in [0.2, 0.25) is 0 Å². The predicted octanol–water partition coefficient (Wildman–Crippen LogP) is 1.54. The second-order valence-corrected chi connectivity index (χ2v) is 7.61. The first kappa shape index (κ1) is 17.2. The van der Waals surface area contributed by atoms with Gasteiger partial charge >= 0.3 is 0 Å². The average Bonchev–Trinajstić information content (AvgIpc) is 2.38. The Labute approximate surface area is 122 Å². The van der Waals surface area contributed by atoms with Gasteiger partial charge in [-0.2, -0.15) is 17.0 Å². The summed E-state index contributed by atoms with van der Waals surface area (Å²) in [6.45, 7) is 5.78. The van der Waals surface area contributed by atoms with Gasteiger partial charge in [-0.1, -0.05) is 0 Å². The third-order valence-corrected chi connectivity index (χ3v) is 5.67. The van der Waals surface area contributed by atoms with Crippen molar-refractivity contribution in [3.05, 3.63) is 0 Å². The molecule has 0 aliphatic carbocycles. The minimum atomic E-state index is -3.37. The molecule has 0 bridgehead atoms. The van der Waals surface area contributed by atoms with E-state index in [4.69, 9.17) is 16.3 Å². The lowest BCUT2D eigenvalue weighted by atomic mass is 10.0. The van der Waals surface area contributed by atoms with Crippen molar-refractivity contribution in [2.45, 2.75) is 32.8 Å². The fourth-order valence-electron chi connectivity index (χ4n) is 2.09. The van der Waals surface area contributed by atoms with E-state index < -0.39 is 10.2 Å². The van der Waals surface area contributed by atoms with Gasteiger partial charge in [-0.15, -0.1) is 11.6 Å². The molecule has 0 radical (unpaired) electrons. The normalized spacial score (nSPS) is 22.3. The molecule has 0 N–H and O–H groups in total. The maximum atomic E-state index is 12.4. The van der Waals surface area contributed by atoms with Crippen LogP contribution in [-0.4, -0.2) is 62.3 Å². The minimum absolute atomic E-state index is 0.117. The summed E-state index contributed by atoms with van der Waals surface area (Å²) in [7, 11) is -1.77. The molecule has 1 saturated heterocycles. The first-order valence-corrected chi connectivity index (χ1v) is 8.70. The Morgan fingerprint density at radius 1 is 1.47 bits per heavy atom. The molecular formula is C12H25ClN2O3S. The zero-order valence-electron chi connectivity index (χ0n) is 12.0. The van der Waals surface area contributed by atoms with E-state index in [1.54, 1.807) is 11.4 Å². The van der Waals surface area contributed by atoms with Crippen LogP contribution in [0.5, 0.6) is 0 Å². The van der Waals surface area contributed by atoms with Crippen molar-refractivity contribution in [3.8, 4) is 0 Å². The van der Waals surface area contributed by atoms with E-state index in [-0.39, 0.29) is 12.0 Å². The number of piperidine rings is 1. The fourth-order valence-corrected chi connectivity index (χ4v) is 3.80. The molecule has 1 fully saturated rings. The van der Waals surface area contributed by atoms with E-state index in [0.29, 0.717) is 32.1 Å². The van der Waals surface area contributed by atoms with Crippen LogP contribution in [0.1, 0.15) is 26.7 Å². The highest BCUT2D eigenvalue weighted by atomic mass is 35.5. The molecule has 1 aliphatic rings. The maximum Gasteiger partial charge on any atom is 0.281 e. The topological polar surface area (TPSA) is 49.9 Å². The van der Waals surface area contributed by atoms with Gasteiger partial charge in [-0.25, -0.2) is 0 Å². The fraction of sp³-hybridized carbons (Fsp3) is 1.00. The van der Waals surface area contributed by atoms with Gasteiger partial charge in [0.1, 0.15) is 0 Å². The average molecular weight is 313 g/mol. The first-order chi connectivity index (χ1) is 8.87. The van der Waals surface area contributed by atoms with Crippen molar-refractivity contribution < 1.29 is 13.2 Å². The van der Waals surface area contributed by atoms with Crippen molar-refractivity contribution in [3.63, 3.8) is 0 Å². The molecule has 19 heavy (non-hydrogen) atoms. The molecule has 0 spiro atoms. The molecule has 0 aromatic carbocycles. The number of rotatable bonds is 7. The Hall–Kier alpha value is 0.120. The smallest absolute Gasteiger partial charge is 0.281 e. The minimum Gasteiger partial charge on any atom is -0.377 e. The highest BCUT2D eigenvalue weighted by molar-refractivity contribution is 7.86. The van der Waals surface area contributed by atoms with Crippen molar-refractivity contribution in [2.24, 2.45) is 5.92 Å². The Bertz CT molecular complexity index is 362. The zero-order valence-corrected chi connectivity index (χ0v) is 13.6. The number of hydrogen-bond acceptors (Lipinski definition) is 3. The Morgan fingerprint density at radius 2 is 2.16 bits per heavy atom. The van der Waals surface area contributed by atoms with Gasteiger partial charge in [-0.05, 0) is 32.6 Å². The molecule has 1 unspecified atom stereocenters. The summed E-state index contributed by atoms with van der Waals surface area (Å²) in [5.41, 5.74) is 0. The molecule has 1 heterocycles. The number of ether oxygens (including phenoxy) is 1. The summed E-state index contributed by atoms with van der Waals surface area (Å²) in [5.74, 6) is 0.789. The quantitative estimate of drug-likeness (QED) is 0.670. The predicted molar refractivity (Wildman–Crippen MR) is 77.7 cm³/mol. The molecule has 1 atom stereocenters. The van der Waals surface area contributed by atoms with Gasteiger partial charge in [0, 0.05) is 32.6 Å². The summed E-state index contributed by atoms with van der Waals surface area (Å²) in [6.07, 6.45) is 2.01. The van der Waals surface area contributed by atoms with Crippen LogP contribution in [0.3, 0.4) is 0 Å². The van der Waals surface area contributed by atoms with Gasteiger partial charge in [0.25, 0.3) is 10.2 Å². The lowest BCUT2D eigenvalue weighted by molar-refractivity contribution is 0.0727. The summed E-state index contributed by atoms with van der Waals surface area (Å²) in [5, 5.41) is 0. The number of halogens is 1. The first-order valence-electron chi connectivity index (χ1n) is 6.77. The zero-order chi connectivity index (χ0) is 14.5. The van der Waals surface area contributed by atoms with E-state index in [9.17, 15) is 8.42 Å². The highest BCUT2D eigenvalue weighted by Crippen LogP contribution is 2.21. The van der Waals surface area contributed by atoms with Crippen molar-refractivity contribution in [1.29, 1.82) is 0 Å². The molecule has 7 heteroatoms. The molecule has 5 nitrogen and oxygen atoms in total. The molecule has 0 amide bonds. The molecule has 0 aromatic rings. The van der Waals surface area contributed by atoms with Gasteiger partial charge in [0.15, 0.2) is 0 Å². The van der Waals surface area contributed by atoms with Gasteiger partial charge < -0.3 is 4.74 Å². The van der Waals surface area contributed by atoms with E-state index in [1.165, 1.54) is 4.31 Å². The summed E-state index contributed by atoms with van der Waals surface area (Å²) in [6, 6.07) is 0.